The third-order valence-electron chi connectivity index (χ3n) is 3.94. The number of fused-ring (bicyclic) bond motifs is 1. The summed E-state index contributed by atoms with van der Waals surface area (Å²) in [4.78, 5) is 16.7. The van der Waals surface area contributed by atoms with E-state index in [4.69, 9.17) is 0 Å². The van der Waals surface area contributed by atoms with E-state index < -0.39 is 0 Å². The highest BCUT2D eigenvalue weighted by Crippen LogP contribution is 2.31. The Labute approximate surface area is 124 Å². The molecule has 0 radical (unpaired) electrons. The fourth-order valence-corrected chi connectivity index (χ4v) is 2.77. The highest BCUT2D eigenvalue weighted by molar-refractivity contribution is 5.86. The quantitative estimate of drug-likeness (QED) is 0.909. The Kier molecular flexibility index (Phi) is 3.86. The first-order valence-corrected chi connectivity index (χ1v) is 7.29. The first-order chi connectivity index (χ1) is 10.3. The molecule has 3 rings (SSSR count). The molecule has 0 aliphatic carbocycles. The molecule has 4 heteroatoms. The van der Waals surface area contributed by atoms with Gasteiger partial charge in [0.25, 0.3) is 0 Å². The number of nitrogens with one attached hydrogen (secondary N) is 2. The van der Waals surface area contributed by atoms with Crippen LogP contribution < -0.4 is 10.6 Å². The van der Waals surface area contributed by atoms with Crippen LogP contribution in [0.3, 0.4) is 0 Å². The number of para-hydroxylation sites is 1. The summed E-state index contributed by atoms with van der Waals surface area (Å²) in [6.07, 6.45) is 4.35. The molecule has 0 saturated heterocycles. The lowest BCUT2D eigenvalue weighted by Gasteiger charge is -2.27. The van der Waals surface area contributed by atoms with Gasteiger partial charge in [-0.15, -0.1) is 0 Å². The number of hydrogen-bond donors (Lipinski definition) is 2. The van der Waals surface area contributed by atoms with E-state index in [9.17, 15) is 4.79 Å². The van der Waals surface area contributed by atoms with Crippen molar-refractivity contribution in [1.29, 1.82) is 0 Å². The van der Waals surface area contributed by atoms with Crippen molar-refractivity contribution in [3.8, 4) is 0 Å². The van der Waals surface area contributed by atoms with Crippen LogP contribution in [-0.2, 0) is 4.79 Å². The number of carbonyl (C=O) groups excluding carboxylic acids is 1. The molecule has 0 saturated carbocycles. The zero-order chi connectivity index (χ0) is 14.7. The van der Waals surface area contributed by atoms with Crippen molar-refractivity contribution in [3.05, 3.63) is 59.9 Å². The van der Waals surface area contributed by atoms with Crippen LogP contribution in [0, 0.1) is 0 Å². The van der Waals surface area contributed by atoms with Crippen molar-refractivity contribution in [2.75, 3.05) is 11.9 Å². The summed E-state index contributed by atoms with van der Waals surface area (Å²) in [5.41, 5.74) is 3.17. The van der Waals surface area contributed by atoms with Gasteiger partial charge >= 0.3 is 0 Å². The number of nitrogens with zero attached hydrogens (tertiary/aromatic N) is 1. The van der Waals surface area contributed by atoms with Gasteiger partial charge in [0.15, 0.2) is 0 Å². The zero-order valence-electron chi connectivity index (χ0n) is 12.0. The van der Waals surface area contributed by atoms with Crippen molar-refractivity contribution < 1.29 is 4.79 Å². The first-order valence-electron chi connectivity index (χ1n) is 7.29. The number of rotatable bonds is 3. The summed E-state index contributed by atoms with van der Waals surface area (Å²) in [5.74, 6) is 0.00174. The standard InChI is InChI=1S/C17H19N3O/c1-12(13-5-4-9-18-11-13)20-17(21)15-8-10-19-16-7-3-2-6-14(15)16/h2-7,9,11-12,15,19H,8,10H2,1H3,(H,20,21)/t12-,15?/m1/s1. The molecule has 0 fully saturated rings. The van der Waals surface area contributed by atoms with Crippen LogP contribution in [0.5, 0.6) is 0 Å². The fourth-order valence-electron chi connectivity index (χ4n) is 2.77. The van der Waals surface area contributed by atoms with Crippen LogP contribution in [0.2, 0.25) is 0 Å². The number of carbonyl (C=O) groups is 1. The third-order valence-corrected chi connectivity index (χ3v) is 3.94. The summed E-state index contributed by atoms with van der Waals surface area (Å²) in [6.45, 7) is 2.82. The van der Waals surface area contributed by atoms with Crippen molar-refractivity contribution in [2.24, 2.45) is 0 Å². The van der Waals surface area contributed by atoms with Crippen molar-refractivity contribution in [2.45, 2.75) is 25.3 Å². The van der Waals surface area contributed by atoms with E-state index in [1.54, 1.807) is 12.4 Å². The fraction of sp³-hybridized carbons (Fsp3) is 0.294. The van der Waals surface area contributed by atoms with E-state index in [-0.39, 0.29) is 17.9 Å². The van der Waals surface area contributed by atoms with Gasteiger partial charge in [0.2, 0.25) is 5.91 Å². The minimum atomic E-state index is -0.0819. The number of aromatic nitrogens is 1. The molecule has 1 aliphatic rings. The van der Waals surface area contributed by atoms with Crippen molar-refractivity contribution >= 4 is 11.6 Å². The van der Waals surface area contributed by atoms with E-state index in [1.165, 1.54) is 0 Å². The van der Waals surface area contributed by atoms with Crippen molar-refractivity contribution in [3.63, 3.8) is 0 Å². The van der Waals surface area contributed by atoms with E-state index in [0.717, 1.165) is 29.8 Å². The molecule has 1 aromatic carbocycles. The van der Waals surface area contributed by atoms with Crippen LogP contribution in [-0.4, -0.2) is 17.4 Å². The molecule has 4 nitrogen and oxygen atoms in total. The van der Waals surface area contributed by atoms with Crippen LogP contribution >= 0.6 is 0 Å². The van der Waals surface area contributed by atoms with Gasteiger partial charge in [-0.25, -0.2) is 0 Å². The highest BCUT2D eigenvalue weighted by atomic mass is 16.1. The number of pyridine rings is 1. The Morgan fingerprint density at radius 1 is 1.33 bits per heavy atom. The second kappa shape index (κ2) is 5.95. The van der Waals surface area contributed by atoms with Gasteiger partial charge in [0.05, 0.1) is 12.0 Å². The van der Waals surface area contributed by atoms with Gasteiger partial charge in [-0.2, -0.15) is 0 Å². The molecule has 1 unspecified atom stereocenters. The summed E-state index contributed by atoms with van der Waals surface area (Å²) in [5, 5.41) is 6.44. The molecule has 1 amide bonds. The van der Waals surface area contributed by atoms with E-state index in [1.807, 2.05) is 43.3 Å². The van der Waals surface area contributed by atoms with Gasteiger partial charge in [-0.05, 0) is 36.6 Å². The maximum atomic E-state index is 12.6. The summed E-state index contributed by atoms with van der Waals surface area (Å²) < 4.78 is 0. The predicted molar refractivity (Wildman–Crippen MR) is 83.1 cm³/mol. The average molecular weight is 281 g/mol. The Morgan fingerprint density at radius 3 is 3.00 bits per heavy atom. The van der Waals surface area contributed by atoms with E-state index in [0.29, 0.717) is 0 Å². The largest absolute Gasteiger partial charge is 0.385 e. The van der Waals surface area contributed by atoms with E-state index in [2.05, 4.69) is 15.6 Å². The molecule has 0 spiro atoms. The SMILES string of the molecule is C[C@@H](NC(=O)C1CCNc2ccccc21)c1cccnc1. The maximum absolute atomic E-state index is 12.6. The molecule has 2 atom stereocenters. The minimum absolute atomic E-state index is 0.0340. The molecule has 0 bridgehead atoms. The topological polar surface area (TPSA) is 54.0 Å². The molecule has 2 heterocycles. The molecule has 1 aliphatic heterocycles. The van der Waals surface area contributed by atoms with Gasteiger partial charge in [0.1, 0.15) is 0 Å². The monoisotopic (exact) mass is 281 g/mol. The number of benzene rings is 1. The molecule has 2 aromatic rings. The number of hydrogen-bond acceptors (Lipinski definition) is 3. The third kappa shape index (κ3) is 2.89. The molecular weight excluding hydrogens is 262 g/mol. The summed E-state index contributed by atoms with van der Waals surface area (Å²) >= 11 is 0. The maximum Gasteiger partial charge on any atom is 0.228 e. The van der Waals surface area contributed by atoms with Crippen LogP contribution in [0.4, 0.5) is 5.69 Å². The zero-order valence-corrected chi connectivity index (χ0v) is 12.0. The van der Waals surface area contributed by atoms with Gasteiger partial charge < -0.3 is 10.6 Å². The lowest BCUT2D eigenvalue weighted by atomic mass is 9.90. The Bertz CT molecular complexity index is 627. The number of anilines is 1. The molecule has 1 aromatic heterocycles. The molecule has 2 N–H and O–H groups in total. The van der Waals surface area contributed by atoms with Crippen molar-refractivity contribution in [1.82, 2.24) is 10.3 Å². The second-order valence-electron chi connectivity index (χ2n) is 5.37. The van der Waals surface area contributed by atoms with Gasteiger partial charge in [-0.1, -0.05) is 24.3 Å². The number of amides is 1. The van der Waals surface area contributed by atoms with Crippen LogP contribution in [0.15, 0.2) is 48.8 Å². The lowest BCUT2D eigenvalue weighted by Crippen LogP contribution is -2.34. The van der Waals surface area contributed by atoms with E-state index >= 15 is 0 Å². The predicted octanol–water partition coefficient (Wildman–Crippen LogP) is 2.86. The van der Waals surface area contributed by atoms with Gasteiger partial charge in [-0.3, -0.25) is 9.78 Å². The smallest absolute Gasteiger partial charge is 0.228 e. The molecule has 21 heavy (non-hydrogen) atoms. The summed E-state index contributed by atoms with van der Waals surface area (Å²) in [6, 6.07) is 11.9. The Hall–Kier alpha value is -2.36. The average Bonchev–Trinajstić information content (AvgIpc) is 2.55. The minimum Gasteiger partial charge on any atom is -0.385 e. The van der Waals surface area contributed by atoms with Gasteiger partial charge in [0, 0.05) is 24.6 Å². The highest BCUT2D eigenvalue weighted by Gasteiger charge is 2.27. The lowest BCUT2D eigenvalue weighted by molar-refractivity contribution is -0.123. The second-order valence-corrected chi connectivity index (χ2v) is 5.37. The molecular formula is C17H19N3O. The van der Waals surface area contributed by atoms with Crippen LogP contribution in [0.25, 0.3) is 0 Å². The normalized spacial score (nSPS) is 18.2. The van der Waals surface area contributed by atoms with Crippen LogP contribution in [0.1, 0.15) is 36.4 Å². The Balaban J connectivity index is 1.75. The Morgan fingerprint density at radius 2 is 2.19 bits per heavy atom. The summed E-state index contributed by atoms with van der Waals surface area (Å²) in [7, 11) is 0. The first kappa shape index (κ1) is 13.6. The molecule has 108 valence electrons.